The SMILES string of the molecule is Cc1nc(NC(=O)C2c3ccccc3Oc3ccccc32)sc1C(=O)N(C)C. The second-order valence-corrected chi connectivity index (χ2v) is 7.73. The lowest BCUT2D eigenvalue weighted by atomic mass is 9.87. The van der Waals surface area contributed by atoms with Crippen molar-refractivity contribution in [1.29, 1.82) is 0 Å². The number of anilines is 1. The Morgan fingerprint density at radius 3 is 2.18 bits per heavy atom. The maximum absolute atomic E-state index is 13.2. The van der Waals surface area contributed by atoms with E-state index in [-0.39, 0.29) is 11.8 Å². The van der Waals surface area contributed by atoms with Gasteiger partial charge in [0.1, 0.15) is 16.4 Å². The molecule has 0 saturated carbocycles. The van der Waals surface area contributed by atoms with Crippen molar-refractivity contribution in [2.75, 3.05) is 19.4 Å². The van der Waals surface area contributed by atoms with Gasteiger partial charge >= 0.3 is 0 Å². The van der Waals surface area contributed by atoms with Crippen molar-refractivity contribution >= 4 is 28.3 Å². The minimum atomic E-state index is -0.515. The van der Waals surface area contributed by atoms with Crippen molar-refractivity contribution in [1.82, 2.24) is 9.88 Å². The van der Waals surface area contributed by atoms with Crippen molar-refractivity contribution in [3.8, 4) is 11.5 Å². The second-order valence-electron chi connectivity index (χ2n) is 6.73. The van der Waals surface area contributed by atoms with Crippen LogP contribution in [0.5, 0.6) is 11.5 Å². The molecule has 4 rings (SSSR count). The van der Waals surface area contributed by atoms with Crippen LogP contribution in [0.15, 0.2) is 48.5 Å². The average Bonchev–Trinajstić information content (AvgIpc) is 3.04. The van der Waals surface area contributed by atoms with Crippen LogP contribution in [0, 0.1) is 6.92 Å². The highest BCUT2D eigenvalue weighted by atomic mass is 32.1. The lowest BCUT2D eigenvalue weighted by Gasteiger charge is -2.27. The summed E-state index contributed by atoms with van der Waals surface area (Å²) in [7, 11) is 3.38. The van der Waals surface area contributed by atoms with Crippen LogP contribution in [-0.2, 0) is 4.79 Å². The summed E-state index contributed by atoms with van der Waals surface area (Å²) >= 11 is 1.19. The number of nitrogens with one attached hydrogen (secondary N) is 1. The molecule has 0 bridgehead atoms. The largest absolute Gasteiger partial charge is 0.457 e. The molecule has 28 heavy (non-hydrogen) atoms. The molecule has 0 unspecified atom stereocenters. The van der Waals surface area contributed by atoms with Crippen LogP contribution in [0.4, 0.5) is 5.13 Å². The highest BCUT2D eigenvalue weighted by molar-refractivity contribution is 7.17. The first kappa shape index (κ1) is 18.2. The van der Waals surface area contributed by atoms with Gasteiger partial charge in [0.2, 0.25) is 5.91 Å². The Bertz CT molecular complexity index is 1030. The Kier molecular flexibility index (Phi) is 4.60. The van der Waals surface area contributed by atoms with E-state index in [0.29, 0.717) is 27.2 Å². The van der Waals surface area contributed by atoms with Crippen LogP contribution in [0.3, 0.4) is 0 Å². The van der Waals surface area contributed by atoms with Gasteiger partial charge in [0, 0.05) is 25.2 Å². The molecule has 2 aromatic carbocycles. The van der Waals surface area contributed by atoms with Gasteiger partial charge in [-0.15, -0.1) is 0 Å². The molecule has 1 N–H and O–H groups in total. The zero-order chi connectivity index (χ0) is 19.8. The summed E-state index contributed by atoms with van der Waals surface area (Å²) in [4.78, 5) is 31.9. The summed E-state index contributed by atoms with van der Waals surface area (Å²) in [6.07, 6.45) is 0. The number of rotatable bonds is 3. The topological polar surface area (TPSA) is 71.5 Å². The third-order valence-corrected chi connectivity index (χ3v) is 5.63. The van der Waals surface area contributed by atoms with E-state index >= 15 is 0 Å². The standard InChI is InChI=1S/C21H19N3O3S/c1-12-18(20(26)24(2)3)28-21(22-12)23-19(25)17-13-8-4-6-10-15(13)27-16-11-7-5-9-14(16)17/h4-11,17H,1-3H3,(H,22,23,25). The molecule has 7 heteroatoms. The lowest BCUT2D eigenvalue weighted by molar-refractivity contribution is -0.116. The average molecular weight is 393 g/mol. The highest BCUT2D eigenvalue weighted by Crippen LogP contribution is 2.44. The molecule has 1 aliphatic rings. The Balaban J connectivity index is 1.68. The molecule has 0 radical (unpaired) electrons. The zero-order valence-electron chi connectivity index (χ0n) is 15.7. The Labute approximate surface area is 166 Å². The van der Waals surface area contributed by atoms with E-state index in [9.17, 15) is 9.59 Å². The van der Waals surface area contributed by atoms with Gasteiger partial charge in [0.25, 0.3) is 5.91 Å². The fraction of sp³-hybridized carbons (Fsp3) is 0.190. The molecular weight excluding hydrogens is 374 g/mol. The Morgan fingerprint density at radius 2 is 1.61 bits per heavy atom. The van der Waals surface area contributed by atoms with E-state index < -0.39 is 5.92 Å². The first-order valence-corrected chi connectivity index (χ1v) is 9.63. The number of ether oxygens (including phenoxy) is 1. The molecule has 1 aromatic heterocycles. The molecule has 1 aliphatic heterocycles. The third kappa shape index (κ3) is 3.14. The van der Waals surface area contributed by atoms with Crippen molar-refractivity contribution in [3.05, 3.63) is 70.2 Å². The zero-order valence-corrected chi connectivity index (χ0v) is 16.5. The molecule has 2 heterocycles. The van der Waals surface area contributed by atoms with E-state index in [2.05, 4.69) is 10.3 Å². The summed E-state index contributed by atoms with van der Waals surface area (Å²) in [5.74, 6) is 0.483. The second kappa shape index (κ2) is 7.09. The summed E-state index contributed by atoms with van der Waals surface area (Å²) in [6, 6.07) is 15.0. The molecule has 0 atom stereocenters. The Hall–Kier alpha value is -3.19. The van der Waals surface area contributed by atoms with Gasteiger partial charge in [-0.1, -0.05) is 47.7 Å². The molecule has 0 spiro atoms. The fourth-order valence-electron chi connectivity index (χ4n) is 3.22. The van der Waals surface area contributed by atoms with Crippen LogP contribution >= 0.6 is 11.3 Å². The summed E-state index contributed by atoms with van der Waals surface area (Å²) in [5, 5.41) is 3.30. The molecule has 3 aromatic rings. The van der Waals surface area contributed by atoms with E-state index in [1.807, 2.05) is 48.5 Å². The monoisotopic (exact) mass is 393 g/mol. The van der Waals surface area contributed by atoms with Crippen LogP contribution in [-0.4, -0.2) is 35.8 Å². The number of thiazole rings is 1. The summed E-state index contributed by atoms with van der Waals surface area (Å²) in [6.45, 7) is 1.77. The predicted octanol–water partition coefficient (Wildman–Crippen LogP) is 4.03. The van der Waals surface area contributed by atoms with E-state index in [1.54, 1.807) is 21.0 Å². The van der Waals surface area contributed by atoms with E-state index in [4.69, 9.17) is 4.74 Å². The van der Waals surface area contributed by atoms with Gasteiger partial charge in [0.05, 0.1) is 11.6 Å². The number of fused-ring (bicyclic) bond motifs is 2. The van der Waals surface area contributed by atoms with Crippen molar-refractivity contribution in [3.63, 3.8) is 0 Å². The number of hydrogen-bond donors (Lipinski definition) is 1. The molecule has 0 fully saturated rings. The van der Waals surface area contributed by atoms with Crippen LogP contribution < -0.4 is 10.1 Å². The number of hydrogen-bond acceptors (Lipinski definition) is 5. The third-order valence-electron chi connectivity index (χ3n) is 4.57. The van der Waals surface area contributed by atoms with Gasteiger partial charge in [-0.05, 0) is 19.1 Å². The van der Waals surface area contributed by atoms with Crippen molar-refractivity contribution in [2.45, 2.75) is 12.8 Å². The van der Waals surface area contributed by atoms with Crippen LogP contribution in [0.25, 0.3) is 0 Å². The van der Waals surface area contributed by atoms with Gasteiger partial charge in [-0.3, -0.25) is 9.59 Å². The molecule has 2 amide bonds. The first-order chi connectivity index (χ1) is 13.5. The number of para-hydroxylation sites is 2. The normalized spacial score (nSPS) is 12.5. The quantitative estimate of drug-likeness (QED) is 0.729. The number of carbonyl (C=O) groups excluding carboxylic acids is 2. The predicted molar refractivity (Wildman–Crippen MR) is 108 cm³/mol. The fourth-order valence-corrected chi connectivity index (χ4v) is 4.21. The van der Waals surface area contributed by atoms with Crippen molar-refractivity contribution in [2.24, 2.45) is 0 Å². The lowest BCUT2D eigenvalue weighted by Crippen LogP contribution is -2.25. The summed E-state index contributed by atoms with van der Waals surface area (Å²) < 4.78 is 5.95. The smallest absolute Gasteiger partial charge is 0.265 e. The molecule has 0 aliphatic carbocycles. The molecule has 0 saturated heterocycles. The number of benzene rings is 2. The minimum absolute atomic E-state index is 0.128. The molecule has 6 nitrogen and oxygen atoms in total. The number of nitrogens with zero attached hydrogens (tertiary/aromatic N) is 2. The first-order valence-electron chi connectivity index (χ1n) is 8.81. The van der Waals surface area contributed by atoms with Gasteiger partial charge in [0.15, 0.2) is 5.13 Å². The van der Waals surface area contributed by atoms with Crippen molar-refractivity contribution < 1.29 is 14.3 Å². The van der Waals surface area contributed by atoms with E-state index in [0.717, 1.165) is 11.1 Å². The molecule has 142 valence electrons. The van der Waals surface area contributed by atoms with E-state index in [1.165, 1.54) is 16.2 Å². The molecular formula is C21H19N3O3S. The minimum Gasteiger partial charge on any atom is -0.457 e. The maximum atomic E-state index is 13.2. The van der Waals surface area contributed by atoms with Crippen LogP contribution in [0.2, 0.25) is 0 Å². The number of amides is 2. The highest BCUT2D eigenvalue weighted by Gasteiger charge is 2.33. The maximum Gasteiger partial charge on any atom is 0.265 e. The number of aromatic nitrogens is 1. The van der Waals surface area contributed by atoms with Crippen LogP contribution in [0.1, 0.15) is 32.4 Å². The number of carbonyl (C=O) groups is 2. The van der Waals surface area contributed by atoms with Gasteiger partial charge < -0.3 is 15.0 Å². The summed E-state index contributed by atoms with van der Waals surface area (Å²) in [5.41, 5.74) is 2.21. The Morgan fingerprint density at radius 1 is 1.04 bits per heavy atom. The van der Waals surface area contributed by atoms with Gasteiger partial charge in [-0.2, -0.15) is 0 Å². The number of aryl methyl sites for hydroxylation is 1. The van der Waals surface area contributed by atoms with Gasteiger partial charge in [-0.25, -0.2) is 4.98 Å².